The fourth-order valence-corrected chi connectivity index (χ4v) is 1.57. The molecule has 5 heteroatoms. The molecule has 1 amide bonds. The first-order valence-electron chi connectivity index (χ1n) is 6.59. The van der Waals surface area contributed by atoms with Gasteiger partial charge in [-0.1, -0.05) is 13.8 Å². The van der Waals surface area contributed by atoms with Crippen LogP contribution >= 0.6 is 0 Å². The first-order chi connectivity index (χ1) is 9.56. The van der Waals surface area contributed by atoms with Crippen molar-refractivity contribution in [3.8, 4) is 11.5 Å². The lowest BCUT2D eigenvalue weighted by Gasteiger charge is -2.11. The molecule has 0 atom stereocenters. The van der Waals surface area contributed by atoms with Gasteiger partial charge in [-0.05, 0) is 30.5 Å². The highest BCUT2D eigenvalue weighted by Gasteiger charge is 2.08. The maximum Gasteiger partial charge on any atom is 0.257 e. The van der Waals surface area contributed by atoms with Gasteiger partial charge in [0.25, 0.3) is 5.91 Å². The van der Waals surface area contributed by atoms with Gasteiger partial charge in [-0.15, -0.1) is 0 Å². The van der Waals surface area contributed by atoms with Crippen LogP contribution in [0.3, 0.4) is 0 Å². The summed E-state index contributed by atoms with van der Waals surface area (Å²) in [7, 11) is 1.51. The summed E-state index contributed by atoms with van der Waals surface area (Å²) in [4.78, 5) is 22.3. The number of amides is 1. The van der Waals surface area contributed by atoms with Crippen molar-refractivity contribution in [1.29, 1.82) is 0 Å². The van der Waals surface area contributed by atoms with E-state index in [1.54, 1.807) is 18.2 Å². The van der Waals surface area contributed by atoms with Crippen LogP contribution in [-0.2, 0) is 4.79 Å². The molecule has 0 aliphatic carbocycles. The lowest BCUT2D eigenvalue weighted by atomic mass is 10.1. The van der Waals surface area contributed by atoms with Gasteiger partial charge in [-0.3, -0.25) is 9.59 Å². The summed E-state index contributed by atoms with van der Waals surface area (Å²) in [6.45, 7) is 4.72. The Kier molecular flexibility index (Phi) is 6.56. The highest BCUT2D eigenvalue weighted by molar-refractivity contribution is 5.78. The standard InChI is InChI=1S/C15H21NO4/c1-11(2)6-7-16-15(18)10-20-14-8-12(9-17)4-5-13(14)19-3/h4-5,8-9,11H,6-7,10H2,1-3H3,(H,16,18). The van der Waals surface area contributed by atoms with Crippen LogP contribution in [0.25, 0.3) is 0 Å². The second-order valence-electron chi connectivity index (χ2n) is 4.85. The molecule has 0 spiro atoms. The Morgan fingerprint density at radius 1 is 1.35 bits per heavy atom. The van der Waals surface area contributed by atoms with Gasteiger partial charge in [0.05, 0.1) is 7.11 Å². The molecule has 1 aromatic rings. The van der Waals surface area contributed by atoms with Crippen molar-refractivity contribution in [1.82, 2.24) is 5.32 Å². The highest BCUT2D eigenvalue weighted by atomic mass is 16.5. The molecule has 0 saturated heterocycles. The summed E-state index contributed by atoms with van der Waals surface area (Å²) in [5.41, 5.74) is 0.473. The molecule has 0 unspecified atom stereocenters. The van der Waals surface area contributed by atoms with E-state index < -0.39 is 0 Å². The van der Waals surface area contributed by atoms with E-state index in [1.165, 1.54) is 7.11 Å². The van der Waals surface area contributed by atoms with Gasteiger partial charge in [0.2, 0.25) is 0 Å². The number of benzene rings is 1. The molecule has 0 aromatic heterocycles. The van der Waals surface area contributed by atoms with Crippen LogP contribution in [0.2, 0.25) is 0 Å². The number of carbonyl (C=O) groups is 2. The van der Waals surface area contributed by atoms with Gasteiger partial charge in [0.1, 0.15) is 6.29 Å². The number of nitrogens with one attached hydrogen (secondary N) is 1. The van der Waals surface area contributed by atoms with E-state index in [-0.39, 0.29) is 12.5 Å². The molecule has 0 bridgehead atoms. The van der Waals surface area contributed by atoms with Crippen molar-refractivity contribution in [3.05, 3.63) is 23.8 Å². The van der Waals surface area contributed by atoms with Crippen LogP contribution in [-0.4, -0.2) is 32.5 Å². The number of ether oxygens (including phenoxy) is 2. The lowest BCUT2D eigenvalue weighted by Crippen LogP contribution is -2.30. The van der Waals surface area contributed by atoms with E-state index in [4.69, 9.17) is 9.47 Å². The van der Waals surface area contributed by atoms with Crippen molar-refractivity contribution in [2.75, 3.05) is 20.3 Å². The molecule has 5 nitrogen and oxygen atoms in total. The molecule has 0 heterocycles. The normalized spacial score (nSPS) is 10.2. The Morgan fingerprint density at radius 3 is 2.70 bits per heavy atom. The van der Waals surface area contributed by atoms with Crippen LogP contribution in [0.1, 0.15) is 30.6 Å². The molecular formula is C15H21NO4. The zero-order chi connectivity index (χ0) is 15.0. The lowest BCUT2D eigenvalue weighted by molar-refractivity contribution is -0.123. The average molecular weight is 279 g/mol. The predicted molar refractivity (Wildman–Crippen MR) is 76.3 cm³/mol. The first-order valence-corrected chi connectivity index (χ1v) is 6.59. The third-order valence-electron chi connectivity index (χ3n) is 2.73. The Hall–Kier alpha value is -2.04. The fraction of sp³-hybridized carbons (Fsp3) is 0.467. The predicted octanol–water partition coefficient (Wildman–Crippen LogP) is 2.05. The molecule has 0 fully saturated rings. The average Bonchev–Trinajstić information content (AvgIpc) is 2.44. The SMILES string of the molecule is COc1ccc(C=O)cc1OCC(=O)NCCC(C)C. The minimum absolute atomic E-state index is 0.100. The van der Waals surface area contributed by atoms with E-state index >= 15 is 0 Å². The van der Waals surface area contributed by atoms with E-state index in [0.29, 0.717) is 29.5 Å². The number of aldehydes is 1. The molecule has 20 heavy (non-hydrogen) atoms. The second kappa shape index (κ2) is 8.19. The van der Waals surface area contributed by atoms with Crippen LogP contribution in [0, 0.1) is 5.92 Å². The number of hydrogen-bond donors (Lipinski definition) is 1. The van der Waals surface area contributed by atoms with E-state index in [0.717, 1.165) is 12.7 Å². The maximum absolute atomic E-state index is 11.6. The number of methoxy groups -OCH3 is 1. The Bertz CT molecular complexity index is 457. The van der Waals surface area contributed by atoms with Gasteiger partial charge in [0.15, 0.2) is 18.1 Å². The van der Waals surface area contributed by atoms with Crippen molar-refractivity contribution in [2.45, 2.75) is 20.3 Å². The van der Waals surface area contributed by atoms with Crippen LogP contribution in [0.4, 0.5) is 0 Å². The van der Waals surface area contributed by atoms with Crippen LogP contribution in [0.15, 0.2) is 18.2 Å². The van der Waals surface area contributed by atoms with Crippen molar-refractivity contribution >= 4 is 12.2 Å². The van der Waals surface area contributed by atoms with Gasteiger partial charge in [-0.25, -0.2) is 0 Å². The number of hydrogen-bond acceptors (Lipinski definition) is 4. The van der Waals surface area contributed by atoms with E-state index in [1.807, 2.05) is 0 Å². The zero-order valence-corrected chi connectivity index (χ0v) is 12.1. The third kappa shape index (κ3) is 5.30. The molecule has 0 aliphatic rings. The van der Waals surface area contributed by atoms with Gasteiger partial charge < -0.3 is 14.8 Å². The molecule has 0 saturated carbocycles. The summed E-state index contributed by atoms with van der Waals surface area (Å²) >= 11 is 0. The topological polar surface area (TPSA) is 64.6 Å². The summed E-state index contributed by atoms with van der Waals surface area (Å²) in [5.74, 6) is 1.23. The molecule has 1 N–H and O–H groups in total. The summed E-state index contributed by atoms with van der Waals surface area (Å²) in [6.07, 6.45) is 1.64. The molecule has 0 aliphatic heterocycles. The highest BCUT2D eigenvalue weighted by Crippen LogP contribution is 2.27. The molecular weight excluding hydrogens is 258 g/mol. The monoisotopic (exact) mass is 279 g/mol. The second-order valence-corrected chi connectivity index (χ2v) is 4.85. The third-order valence-corrected chi connectivity index (χ3v) is 2.73. The first kappa shape index (κ1) is 16.0. The van der Waals surface area contributed by atoms with Crippen molar-refractivity contribution < 1.29 is 19.1 Å². The minimum Gasteiger partial charge on any atom is -0.493 e. The largest absolute Gasteiger partial charge is 0.493 e. The van der Waals surface area contributed by atoms with Gasteiger partial charge >= 0.3 is 0 Å². The number of rotatable bonds is 8. The molecule has 0 radical (unpaired) electrons. The molecule has 110 valence electrons. The zero-order valence-electron chi connectivity index (χ0n) is 12.1. The Balaban J connectivity index is 2.51. The Morgan fingerprint density at radius 2 is 2.10 bits per heavy atom. The van der Waals surface area contributed by atoms with Crippen molar-refractivity contribution in [3.63, 3.8) is 0 Å². The number of carbonyl (C=O) groups excluding carboxylic acids is 2. The fourth-order valence-electron chi connectivity index (χ4n) is 1.57. The molecule has 1 aromatic carbocycles. The Labute approximate surface area is 119 Å². The maximum atomic E-state index is 11.6. The van der Waals surface area contributed by atoms with Gasteiger partial charge in [0, 0.05) is 12.1 Å². The van der Waals surface area contributed by atoms with Crippen LogP contribution in [0.5, 0.6) is 11.5 Å². The van der Waals surface area contributed by atoms with E-state index in [9.17, 15) is 9.59 Å². The smallest absolute Gasteiger partial charge is 0.257 e. The van der Waals surface area contributed by atoms with Crippen LogP contribution < -0.4 is 14.8 Å². The van der Waals surface area contributed by atoms with E-state index in [2.05, 4.69) is 19.2 Å². The molecule has 1 rings (SSSR count). The van der Waals surface area contributed by atoms with Gasteiger partial charge in [-0.2, -0.15) is 0 Å². The summed E-state index contributed by atoms with van der Waals surface area (Å²) in [6, 6.07) is 4.81. The quantitative estimate of drug-likeness (QED) is 0.740. The van der Waals surface area contributed by atoms with Crippen molar-refractivity contribution in [2.24, 2.45) is 5.92 Å². The minimum atomic E-state index is -0.191. The summed E-state index contributed by atoms with van der Waals surface area (Å²) < 4.78 is 10.5. The summed E-state index contributed by atoms with van der Waals surface area (Å²) in [5, 5.41) is 2.78.